The highest BCUT2D eigenvalue weighted by atomic mass is 19.4. The average molecular weight is 524 g/mol. The summed E-state index contributed by atoms with van der Waals surface area (Å²) in [5.74, 6) is -6.57. The van der Waals surface area contributed by atoms with Gasteiger partial charge < -0.3 is 9.44 Å². The van der Waals surface area contributed by atoms with E-state index in [0.717, 1.165) is 23.8 Å². The lowest BCUT2D eigenvalue weighted by atomic mass is 9.77. The molecule has 10 heteroatoms. The van der Waals surface area contributed by atoms with Crippen LogP contribution in [0.2, 0.25) is 0 Å². The normalized spacial score (nSPS) is 23.6. The van der Waals surface area contributed by atoms with Crippen molar-refractivity contribution in [2.45, 2.75) is 24.8 Å². The third-order valence-corrected chi connectivity index (χ3v) is 7.38. The Kier molecular flexibility index (Phi) is 5.64. The van der Waals surface area contributed by atoms with Gasteiger partial charge in [0.2, 0.25) is 29.0 Å². The molecule has 0 N–H and O–H groups in total. The zero-order valence-electron chi connectivity index (χ0n) is 19.7. The van der Waals surface area contributed by atoms with Crippen LogP contribution in [0, 0.1) is 18.8 Å². The second-order valence-corrected chi connectivity index (χ2v) is 9.42. The highest BCUT2D eigenvalue weighted by Crippen LogP contribution is 2.58. The van der Waals surface area contributed by atoms with Gasteiger partial charge in [-0.3, -0.25) is 19.2 Å². The van der Waals surface area contributed by atoms with E-state index in [0.29, 0.717) is 10.5 Å². The SMILES string of the molecule is Cc1ccc(C2OC3(C(=O)c4ccccc4C3=O)C3C(=O)N(c4ccccc4C(F)(F)F)C(=O)C23)cc1.[F-]. The second kappa shape index (κ2) is 8.42. The first-order chi connectivity index (χ1) is 17.6. The van der Waals surface area contributed by atoms with Gasteiger partial charge in [-0.15, -0.1) is 0 Å². The molecule has 3 aliphatic rings. The molecule has 1 spiro atoms. The molecule has 6 nitrogen and oxygen atoms in total. The number of anilines is 1. The Hall–Kier alpha value is -4.18. The van der Waals surface area contributed by atoms with E-state index in [9.17, 15) is 32.3 Å². The summed E-state index contributed by atoms with van der Waals surface area (Å²) in [6, 6.07) is 17.0. The van der Waals surface area contributed by atoms with Crippen molar-refractivity contribution in [2.75, 3.05) is 4.90 Å². The molecule has 2 saturated heterocycles. The lowest BCUT2D eigenvalue weighted by Gasteiger charge is -2.28. The number of para-hydroxylation sites is 1. The molecule has 0 saturated carbocycles. The lowest BCUT2D eigenvalue weighted by molar-refractivity contribution is -0.137. The summed E-state index contributed by atoms with van der Waals surface area (Å²) in [5, 5.41) is 0. The van der Waals surface area contributed by atoms with E-state index in [-0.39, 0.29) is 15.8 Å². The second-order valence-electron chi connectivity index (χ2n) is 9.42. The number of Topliss-reactive ketones (excluding diaryl/α,β-unsaturated/α-hetero) is 2. The van der Waals surface area contributed by atoms with Crippen LogP contribution in [-0.2, 0) is 20.5 Å². The van der Waals surface area contributed by atoms with Crippen molar-refractivity contribution in [3.05, 3.63) is 101 Å². The van der Waals surface area contributed by atoms with Gasteiger partial charge in [-0.1, -0.05) is 66.2 Å². The minimum Gasteiger partial charge on any atom is -1.00 e. The van der Waals surface area contributed by atoms with E-state index >= 15 is 0 Å². The van der Waals surface area contributed by atoms with Crippen LogP contribution < -0.4 is 9.60 Å². The average Bonchev–Trinajstić information content (AvgIpc) is 3.44. The Labute approximate surface area is 213 Å². The predicted octanol–water partition coefficient (Wildman–Crippen LogP) is 1.71. The Morgan fingerprint density at radius 1 is 0.789 bits per heavy atom. The van der Waals surface area contributed by atoms with Crippen LogP contribution >= 0.6 is 0 Å². The molecule has 2 aliphatic heterocycles. The van der Waals surface area contributed by atoms with Gasteiger partial charge in [-0.2, -0.15) is 13.2 Å². The number of aryl methyl sites for hydroxylation is 1. The summed E-state index contributed by atoms with van der Waals surface area (Å²) in [7, 11) is 0. The van der Waals surface area contributed by atoms with Crippen molar-refractivity contribution in [1.29, 1.82) is 0 Å². The van der Waals surface area contributed by atoms with Crippen molar-refractivity contribution in [1.82, 2.24) is 0 Å². The molecule has 0 aromatic heterocycles. The number of amides is 2. The molecule has 2 heterocycles. The van der Waals surface area contributed by atoms with Crippen molar-refractivity contribution < 1.29 is 41.8 Å². The Morgan fingerprint density at radius 3 is 1.92 bits per heavy atom. The maximum atomic E-state index is 13.9. The molecule has 3 aromatic carbocycles. The van der Waals surface area contributed by atoms with Crippen molar-refractivity contribution >= 4 is 29.1 Å². The van der Waals surface area contributed by atoms with Crippen molar-refractivity contribution in [3.8, 4) is 0 Å². The van der Waals surface area contributed by atoms with Gasteiger partial charge >= 0.3 is 6.18 Å². The quantitative estimate of drug-likeness (QED) is 0.290. The van der Waals surface area contributed by atoms with E-state index in [1.54, 1.807) is 36.4 Å². The number of alkyl halides is 3. The van der Waals surface area contributed by atoms with Crippen LogP contribution in [0.1, 0.15) is 43.5 Å². The minimum absolute atomic E-state index is 0. The van der Waals surface area contributed by atoms with Gasteiger partial charge in [0.1, 0.15) is 0 Å². The topological polar surface area (TPSA) is 80.8 Å². The van der Waals surface area contributed by atoms with Gasteiger partial charge in [0.05, 0.1) is 29.2 Å². The van der Waals surface area contributed by atoms with Gasteiger partial charge in [-0.25, -0.2) is 4.90 Å². The van der Waals surface area contributed by atoms with Gasteiger partial charge in [-0.05, 0) is 24.6 Å². The molecule has 1 aliphatic carbocycles. The number of hydrogen-bond acceptors (Lipinski definition) is 5. The molecular weight excluding hydrogens is 506 g/mol. The molecule has 38 heavy (non-hydrogen) atoms. The van der Waals surface area contributed by atoms with Gasteiger partial charge in [0, 0.05) is 11.1 Å². The monoisotopic (exact) mass is 524 g/mol. The fourth-order valence-corrected chi connectivity index (χ4v) is 5.72. The Morgan fingerprint density at radius 2 is 1.34 bits per heavy atom. The molecule has 3 atom stereocenters. The fraction of sp³-hybridized carbons (Fsp3) is 0.214. The fourth-order valence-electron chi connectivity index (χ4n) is 5.72. The number of fused-ring (bicyclic) bond motifs is 3. The zero-order valence-corrected chi connectivity index (χ0v) is 19.7. The minimum atomic E-state index is -4.85. The Balaban J connectivity index is 0.00000294. The number of imide groups is 1. The van der Waals surface area contributed by atoms with Crippen LogP contribution in [-0.4, -0.2) is 29.0 Å². The van der Waals surface area contributed by atoms with Crippen LogP contribution in [0.25, 0.3) is 0 Å². The van der Waals surface area contributed by atoms with E-state index in [4.69, 9.17) is 4.74 Å². The molecule has 194 valence electrons. The van der Waals surface area contributed by atoms with Gasteiger partial charge in [0.15, 0.2) is 0 Å². The smallest absolute Gasteiger partial charge is 0.418 e. The highest BCUT2D eigenvalue weighted by molar-refractivity contribution is 6.37. The third kappa shape index (κ3) is 3.22. The molecular formula is C28H18F4NO5-. The zero-order chi connectivity index (χ0) is 26.3. The first kappa shape index (κ1) is 25.5. The van der Waals surface area contributed by atoms with Crippen LogP contribution in [0.3, 0.4) is 0 Å². The number of ether oxygens (including phenoxy) is 1. The first-order valence-corrected chi connectivity index (χ1v) is 11.5. The summed E-state index contributed by atoms with van der Waals surface area (Å²) >= 11 is 0. The van der Waals surface area contributed by atoms with E-state index < -0.39 is 64.3 Å². The first-order valence-electron chi connectivity index (χ1n) is 11.5. The molecule has 2 fully saturated rings. The van der Waals surface area contributed by atoms with Gasteiger partial charge in [0.25, 0.3) is 0 Å². The molecule has 0 radical (unpaired) electrons. The van der Waals surface area contributed by atoms with Crippen LogP contribution in [0.15, 0.2) is 72.8 Å². The standard InChI is InChI=1S/C28H18F3NO5.FH/c1-14-10-12-15(13-11-14)22-20-21(27(37-22)23(33)16-6-2-3-7-17(16)24(27)34)26(36)32(25(20)35)19-9-5-4-8-18(19)28(29,30)31;/h2-13,20-22H,1H3;1H/p-1. The number of carbonyl (C=O) groups excluding carboxylic acids is 4. The molecule has 3 unspecified atom stereocenters. The molecule has 0 bridgehead atoms. The number of benzene rings is 3. The van der Waals surface area contributed by atoms with E-state index in [1.165, 1.54) is 18.2 Å². The summed E-state index contributed by atoms with van der Waals surface area (Å²) in [6.45, 7) is 1.84. The van der Waals surface area contributed by atoms with Crippen molar-refractivity contribution in [3.63, 3.8) is 0 Å². The lowest BCUT2D eigenvalue weighted by Crippen LogP contribution is -3.00. The molecule has 2 amide bonds. The summed E-state index contributed by atoms with van der Waals surface area (Å²) < 4.78 is 47.7. The van der Waals surface area contributed by atoms with E-state index in [2.05, 4.69) is 0 Å². The summed E-state index contributed by atoms with van der Waals surface area (Å²) in [6.07, 6.45) is -6.05. The number of halogens is 4. The predicted molar refractivity (Wildman–Crippen MR) is 124 cm³/mol. The number of carbonyl (C=O) groups is 4. The maximum Gasteiger partial charge on any atom is 0.418 e. The maximum absolute atomic E-state index is 13.9. The highest BCUT2D eigenvalue weighted by Gasteiger charge is 2.75. The Bertz CT molecular complexity index is 1480. The molecule has 3 aromatic rings. The third-order valence-electron chi connectivity index (χ3n) is 7.38. The number of rotatable bonds is 2. The van der Waals surface area contributed by atoms with E-state index in [1.807, 2.05) is 6.92 Å². The number of hydrogen-bond donors (Lipinski definition) is 0. The largest absolute Gasteiger partial charge is 1.00 e. The van der Waals surface area contributed by atoms with Crippen LogP contribution in [0.4, 0.5) is 18.9 Å². The van der Waals surface area contributed by atoms with Crippen LogP contribution in [0.5, 0.6) is 0 Å². The summed E-state index contributed by atoms with van der Waals surface area (Å²) in [5.41, 5.74) is -2.75. The number of nitrogens with zero attached hydrogens (tertiary/aromatic N) is 1. The van der Waals surface area contributed by atoms with Crippen molar-refractivity contribution in [2.24, 2.45) is 11.8 Å². The number of ketones is 2. The summed E-state index contributed by atoms with van der Waals surface area (Å²) in [4.78, 5) is 55.6. The molecule has 6 rings (SSSR count).